The van der Waals surface area contributed by atoms with Crippen LogP contribution < -0.4 is 15.0 Å². The zero-order valence-corrected chi connectivity index (χ0v) is 18.2. The van der Waals surface area contributed by atoms with Crippen LogP contribution in [0.2, 0.25) is 0 Å². The molecule has 0 radical (unpaired) electrons. The van der Waals surface area contributed by atoms with Crippen molar-refractivity contribution in [1.29, 1.82) is 0 Å². The van der Waals surface area contributed by atoms with Crippen LogP contribution in [0.3, 0.4) is 0 Å². The number of amides is 4. The van der Waals surface area contributed by atoms with Crippen LogP contribution in [0.5, 0.6) is 11.6 Å². The van der Waals surface area contributed by atoms with Crippen molar-refractivity contribution in [3.8, 4) is 11.6 Å². The first kappa shape index (κ1) is 21.8. The molecule has 3 aromatic rings. The van der Waals surface area contributed by atoms with Crippen LogP contribution >= 0.6 is 15.9 Å². The second-order valence-electron chi connectivity index (χ2n) is 6.72. The number of pyridine rings is 1. The molecular weight excluding hydrogens is 496 g/mol. The fourth-order valence-corrected chi connectivity index (χ4v) is 3.35. The quantitative estimate of drug-likeness (QED) is 0.236. The Morgan fingerprint density at radius 2 is 1.82 bits per heavy atom. The number of rotatable bonds is 5. The normalized spacial score (nSPS) is 14.9. The summed E-state index contributed by atoms with van der Waals surface area (Å²) in [5.74, 6) is -0.996. The van der Waals surface area contributed by atoms with Crippen LogP contribution in [0.1, 0.15) is 5.56 Å². The maximum absolute atomic E-state index is 12.9. The number of imide groups is 2. The van der Waals surface area contributed by atoms with E-state index in [4.69, 9.17) is 4.74 Å². The van der Waals surface area contributed by atoms with Crippen molar-refractivity contribution < 1.29 is 24.0 Å². The Balaban J connectivity index is 1.54. The number of urea groups is 1. The largest absolute Gasteiger partial charge is 0.439 e. The van der Waals surface area contributed by atoms with Gasteiger partial charge in [0.05, 0.1) is 10.6 Å². The van der Waals surface area contributed by atoms with E-state index in [2.05, 4.69) is 26.2 Å². The van der Waals surface area contributed by atoms with Gasteiger partial charge in [0, 0.05) is 16.6 Å². The average molecular weight is 509 g/mol. The summed E-state index contributed by atoms with van der Waals surface area (Å²) in [5.41, 5.74) is 0.459. The van der Waals surface area contributed by atoms with Gasteiger partial charge in [-0.05, 0) is 42.0 Å². The number of ether oxygens (including phenoxy) is 1. The minimum atomic E-state index is -0.834. The number of nitrogens with one attached hydrogen (secondary N) is 1. The molecule has 0 spiro atoms. The first-order chi connectivity index (χ1) is 15.8. The molecule has 1 N–H and O–H groups in total. The summed E-state index contributed by atoms with van der Waals surface area (Å²) >= 11 is 3.29. The molecule has 164 valence electrons. The summed E-state index contributed by atoms with van der Waals surface area (Å²) < 4.78 is 6.21. The first-order valence-electron chi connectivity index (χ1n) is 9.37. The number of aromatic nitrogens is 1. The highest BCUT2D eigenvalue weighted by Gasteiger charge is 2.36. The lowest BCUT2D eigenvalue weighted by Crippen LogP contribution is -2.54. The molecule has 1 aromatic heterocycles. The molecule has 0 aliphatic carbocycles. The van der Waals surface area contributed by atoms with Crippen LogP contribution in [0.15, 0.2) is 76.9 Å². The predicted molar refractivity (Wildman–Crippen MR) is 121 cm³/mol. The molecule has 1 fully saturated rings. The van der Waals surface area contributed by atoms with Crippen molar-refractivity contribution in [3.05, 3.63) is 92.6 Å². The summed E-state index contributed by atoms with van der Waals surface area (Å²) in [7, 11) is 0. The van der Waals surface area contributed by atoms with Crippen LogP contribution in [-0.4, -0.2) is 27.8 Å². The van der Waals surface area contributed by atoms with E-state index >= 15 is 0 Å². The van der Waals surface area contributed by atoms with Gasteiger partial charge in [0.1, 0.15) is 17.5 Å². The Bertz CT molecular complexity index is 1310. The van der Waals surface area contributed by atoms with E-state index < -0.39 is 22.8 Å². The van der Waals surface area contributed by atoms with Gasteiger partial charge in [-0.25, -0.2) is 14.7 Å². The van der Waals surface area contributed by atoms with Crippen molar-refractivity contribution in [2.24, 2.45) is 0 Å². The summed E-state index contributed by atoms with van der Waals surface area (Å²) in [4.78, 5) is 52.4. The summed E-state index contributed by atoms with van der Waals surface area (Å²) in [6, 6.07) is 14.8. The highest BCUT2D eigenvalue weighted by Crippen LogP contribution is 2.26. The third-order valence-electron chi connectivity index (χ3n) is 4.51. The number of hydrogen-bond donors (Lipinski definition) is 1. The molecule has 1 aliphatic rings. The highest BCUT2D eigenvalue weighted by atomic mass is 79.9. The lowest BCUT2D eigenvalue weighted by atomic mass is 10.1. The fourth-order valence-electron chi connectivity index (χ4n) is 2.97. The molecule has 0 bridgehead atoms. The number of anilines is 1. The third-order valence-corrected chi connectivity index (χ3v) is 5.01. The lowest BCUT2D eigenvalue weighted by Gasteiger charge is -2.26. The number of hydrogen-bond acceptors (Lipinski definition) is 7. The van der Waals surface area contributed by atoms with Crippen LogP contribution in [0.4, 0.5) is 16.2 Å². The molecule has 4 amide bonds. The van der Waals surface area contributed by atoms with Crippen LogP contribution in [0.25, 0.3) is 6.08 Å². The number of barbiturate groups is 1. The fraction of sp³-hybridized carbons (Fsp3) is 0. The average Bonchev–Trinajstić information content (AvgIpc) is 2.78. The van der Waals surface area contributed by atoms with Crippen LogP contribution in [0, 0.1) is 10.1 Å². The first-order valence-corrected chi connectivity index (χ1v) is 10.2. The molecule has 2 aromatic carbocycles. The van der Waals surface area contributed by atoms with Gasteiger partial charge in [0.15, 0.2) is 0 Å². The van der Waals surface area contributed by atoms with Gasteiger partial charge in [-0.3, -0.25) is 25.0 Å². The topological polar surface area (TPSA) is 132 Å². The van der Waals surface area contributed by atoms with E-state index in [0.717, 1.165) is 11.1 Å². The van der Waals surface area contributed by atoms with E-state index in [1.54, 1.807) is 48.5 Å². The van der Waals surface area contributed by atoms with E-state index in [1.165, 1.54) is 18.2 Å². The molecule has 10 nitrogen and oxygen atoms in total. The van der Waals surface area contributed by atoms with Gasteiger partial charge in [-0.15, -0.1) is 0 Å². The van der Waals surface area contributed by atoms with Gasteiger partial charge in [-0.1, -0.05) is 34.1 Å². The maximum atomic E-state index is 12.9. The number of halogens is 1. The molecule has 33 heavy (non-hydrogen) atoms. The number of carbonyl (C=O) groups is 3. The van der Waals surface area contributed by atoms with Crippen molar-refractivity contribution in [1.82, 2.24) is 10.3 Å². The minimum absolute atomic E-state index is 0.157. The molecule has 0 atom stereocenters. The van der Waals surface area contributed by atoms with Gasteiger partial charge < -0.3 is 4.74 Å². The van der Waals surface area contributed by atoms with Crippen molar-refractivity contribution >= 4 is 51.2 Å². The molecule has 4 rings (SSSR count). The van der Waals surface area contributed by atoms with Gasteiger partial charge >= 0.3 is 6.03 Å². The second kappa shape index (κ2) is 9.01. The molecule has 0 saturated carbocycles. The minimum Gasteiger partial charge on any atom is -0.439 e. The van der Waals surface area contributed by atoms with E-state index in [-0.39, 0.29) is 17.1 Å². The molecule has 1 aliphatic heterocycles. The van der Waals surface area contributed by atoms with Gasteiger partial charge in [0.2, 0.25) is 5.88 Å². The number of benzene rings is 2. The van der Waals surface area contributed by atoms with Gasteiger partial charge in [-0.2, -0.15) is 0 Å². The van der Waals surface area contributed by atoms with E-state index in [9.17, 15) is 24.5 Å². The summed E-state index contributed by atoms with van der Waals surface area (Å²) in [6.07, 6.45) is 2.45. The Morgan fingerprint density at radius 1 is 1.06 bits per heavy atom. The third kappa shape index (κ3) is 4.77. The van der Waals surface area contributed by atoms with Crippen molar-refractivity contribution in [2.75, 3.05) is 4.90 Å². The molecule has 0 unspecified atom stereocenters. The maximum Gasteiger partial charge on any atom is 0.335 e. The Morgan fingerprint density at radius 3 is 2.45 bits per heavy atom. The van der Waals surface area contributed by atoms with E-state index in [1.807, 2.05) is 0 Å². The molecule has 1 saturated heterocycles. The monoisotopic (exact) mass is 508 g/mol. The Labute approximate surface area is 194 Å². The zero-order valence-electron chi connectivity index (χ0n) is 16.6. The molecular formula is C22H13BrN4O6. The number of nitrogens with zero attached hydrogens (tertiary/aromatic N) is 3. The predicted octanol–water partition coefficient (Wildman–Crippen LogP) is 4.21. The SMILES string of the molecule is O=C1NC(=O)N(c2cccc(Br)c2)C(=O)/C1=C/c1ccc(Oc2ccc([N+](=O)[O-])cn2)cc1. The highest BCUT2D eigenvalue weighted by molar-refractivity contribution is 9.10. The summed E-state index contributed by atoms with van der Waals surface area (Å²) in [5, 5.41) is 12.9. The van der Waals surface area contributed by atoms with Crippen molar-refractivity contribution in [2.45, 2.75) is 0 Å². The molecule has 11 heteroatoms. The molecule has 2 heterocycles. The zero-order chi connectivity index (χ0) is 23.5. The smallest absolute Gasteiger partial charge is 0.335 e. The number of carbonyl (C=O) groups excluding carboxylic acids is 3. The Kier molecular flexibility index (Phi) is 5.96. The standard InChI is InChI=1S/C22H13BrN4O6/c23-14-2-1-3-15(11-14)26-21(29)18(20(28)25-22(26)30)10-13-4-7-17(8-5-13)33-19-9-6-16(12-24-19)27(31)32/h1-12H,(H,25,28,30)/b18-10+. The second-order valence-corrected chi connectivity index (χ2v) is 7.64. The van der Waals surface area contributed by atoms with E-state index in [0.29, 0.717) is 21.5 Å². The van der Waals surface area contributed by atoms with Crippen molar-refractivity contribution in [3.63, 3.8) is 0 Å². The van der Waals surface area contributed by atoms with Crippen LogP contribution in [-0.2, 0) is 9.59 Å². The summed E-state index contributed by atoms with van der Waals surface area (Å²) in [6.45, 7) is 0. The van der Waals surface area contributed by atoms with Gasteiger partial charge in [0.25, 0.3) is 17.5 Å². The number of nitro groups is 1. The lowest BCUT2D eigenvalue weighted by molar-refractivity contribution is -0.385. The Hall–Kier alpha value is -4.38.